The minimum absolute atomic E-state index is 0.0634. The molecule has 2 aromatic heterocycles. The highest BCUT2D eigenvalue weighted by Crippen LogP contribution is 2.25. The topological polar surface area (TPSA) is 42.0 Å². The highest BCUT2D eigenvalue weighted by Gasteiger charge is 2.16. The number of carbonyl (C=O) groups excluding carboxylic acids is 1. The Hall–Kier alpha value is -2.05. The third kappa shape index (κ3) is 3.08. The van der Waals surface area contributed by atoms with E-state index in [1.165, 1.54) is 6.07 Å². The smallest absolute Gasteiger partial charge is 0.263 e. The average Bonchev–Trinajstić information content (AvgIpc) is 3.19. The molecule has 112 valence electrons. The van der Waals surface area contributed by atoms with Crippen molar-refractivity contribution < 1.29 is 9.18 Å². The van der Waals surface area contributed by atoms with Crippen LogP contribution in [0.25, 0.3) is 11.3 Å². The van der Waals surface area contributed by atoms with Gasteiger partial charge in [-0.15, -0.1) is 11.3 Å². The number of nitrogens with zero attached hydrogens (tertiary/aromatic N) is 1. The van der Waals surface area contributed by atoms with Crippen molar-refractivity contribution in [2.45, 2.75) is 13.0 Å². The number of aromatic nitrogens is 1. The summed E-state index contributed by atoms with van der Waals surface area (Å²) in [5.74, 6) is -0.535. The maximum absolute atomic E-state index is 13.7. The molecule has 6 heteroatoms. The van der Waals surface area contributed by atoms with Crippen LogP contribution in [0.2, 0.25) is 0 Å². The van der Waals surface area contributed by atoms with Gasteiger partial charge in [0.25, 0.3) is 5.91 Å². The lowest BCUT2D eigenvalue weighted by atomic mass is 10.1. The van der Waals surface area contributed by atoms with E-state index < -0.39 is 0 Å². The third-order valence-electron chi connectivity index (χ3n) is 3.20. The Bertz CT molecular complexity index is 783. The number of nitrogens with one attached hydrogen (secondary N) is 1. The molecule has 3 aromatic rings. The molecule has 0 unspecified atom stereocenters. The number of benzene rings is 1. The van der Waals surface area contributed by atoms with E-state index in [4.69, 9.17) is 0 Å². The first kappa shape index (κ1) is 14.9. The summed E-state index contributed by atoms with van der Waals surface area (Å²) in [6.07, 6.45) is 0. The standard InChI is InChI=1S/C16H13FN2OS2/c1-10(14-7-4-8-21-14)18-16(20)15-9-13(19-22-15)11-5-2-3-6-12(11)17/h2-10H,1H3,(H,18,20)/t10-/m1/s1. The van der Waals surface area contributed by atoms with Gasteiger partial charge < -0.3 is 5.32 Å². The molecule has 3 rings (SSSR count). The minimum Gasteiger partial charge on any atom is -0.344 e. The van der Waals surface area contributed by atoms with Crippen LogP contribution >= 0.6 is 22.9 Å². The Morgan fingerprint density at radius 1 is 1.27 bits per heavy atom. The fourth-order valence-corrected chi connectivity index (χ4v) is 3.44. The molecule has 0 saturated carbocycles. The largest absolute Gasteiger partial charge is 0.344 e. The Labute approximate surface area is 135 Å². The predicted octanol–water partition coefficient (Wildman–Crippen LogP) is 4.50. The van der Waals surface area contributed by atoms with Crippen molar-refractivity contribution in [2.24, 2.45) is 0 Å². The molecule has 22 heavy (non-hydrogen) atoms. The van der Waals surface area contributed by atoms with E-state index in [1.54, 1.807) is 35.6 Å². The van der Waals surface area contributed by atoms with Gasteiger partial charge in [-0.25, -0.2) is 4.39 Å². The first-order valence-electron chi connectivity index (χ1n) is 6.71. The quantitative estimate of drug-likeness (QED) is 0.764. The van der Waals surface area contributed by atoms with E-state index in [0.717, 1.165) is 16.4 Å². The van der Waals surface area contributed by atoms with Crippen LogP contribution in [0.3, 0.4) is 0 Å². The van der Waals surface area contributed by atoms with Crippen LogP contribution in [-0.4, -0.2) is 10.3 Å². The summed E-state index contributed by atoms with van der Waals surface area (Å²) in [4.78, 5) is 13.8. The molecule has 0 spiro atoms. The van der Waals surface area contributed by atoms with Gasteiger partial charge in [0.2, 0.25) is 0 Å². The maximum Gasteiger partial charge on any atom is 0.263 e. The van der Waals surface area contributed by atoms with Crippen molar-refractivity contribution in [3.05, 3.63) is 63.4 Å². The molecule has 3 nitrogen and oxygen atoms in total. The van der Waals surface area contributed by atoms with Crippen molar-refractivity contribution in [3.8, 4) is 11.3 Å². The SMILES string of the molecule is C[C@@H](NC(=O)c1cc(-c2ccccc2F)ns1)c1cccs1. The number of thiophene rings is 1. The molecular formula is C16H13FN2OS2. The van der Waals surface area contributed by atoms with E-state index >= 15 is 0 Å². The van der Waals surface area contributed by atoms with E-state index in [2.05, 4.69) is 9.69 Å². The highest BCUT2D eigenvalue weighted by molar-refractivity contribution is 7.10. The van der Waals surface area contributed by atoms with Gasteiger partial charge in [0, 0.05) is 10.4 Å². The maximum atomic E-state index is 13.7. The zero-order valence-corrected chi connectivity index (χ0v) is 13.4. The molecule has 1 N–H and O–H groups in total. The van der Waals surface area contributed by atoms with Gasteiger partial charge in [-0.05, 0) is 48.1 Å². The van der Waals surface area contributed by atoms with Gasteiger partial charge in [0.05, 0.1) is 11.7 Å². The molecule has 0 aliphatic rings. The monoisotopic (exact) mass is 332 g/mol. The summed E-state index contributed by atoms with van der Waals surface area (Å²) in [7, 11) is 0. The Balaban J connectivity index is 1.76. The first-order valence-corrected chi connectivity index (χ1v) is 8.36. The second-order valence-corrected chi connectivity index (χ2v) is 6.55. The normalized spacial score (nSPS) is 12.1. The van der Waals surface area contributed by atoms with Crippen LogP contribution in [0.4, 0.5) is 4.39 Å². The molecule has 1 amide bonds. The Kier molecular flexibility index (Phi) is 4.31. The summed E-state index contributed by atoms with van der Waals surface area (Å²) in [5.41, 5.74) is 0.890. The molecule has 0 bridgehead atoms. The number of rotatable bonds is 4. The van der Waals surface area contributed by atoms with Crippen LogP contribution in [0.5, 0.6) is 0 Å². The Morgan fingerprint density at radius 2 is 2.09 bits per heavy atom. The zero-order chi connectivity index (χ0) is 15.5. The van der Waals surface area contributed by atoms with Crippen LogP contribution in [0, 0.1) is 5.82 Å². The molecular weight excluding hydrogens is 319 g/mol. The van der Waals surface area contributed by atoms with Crippen molar-refractivity contribution >= 4 is 28.8 Å². The van der Waals surface area contributed by atoms with Crippen LogP contribution in [0.1, 0.15) is 27.5 Å². The highest BCUT2D eigenvalue weighted by atomic mass is 32.1. The van der Waals surface area contributed by atoms with E-state index in [1.807, 2.05) is 24.4 Å². The van der Waals surface area contributed by atoms with Crippen LogP contribution < -0.4 is 5.32 Å². The molecule has 2 heterocycles. The van der Waals surface area contributed by atoms with Gasteiger partial charge in [-0.2, -0.15) is 4.37 Å². The van der Waals surface area contributed by atoms with E-state index in [-0.39, 0.29) is 17.8 Å². The fraction of sp³-hybridized carbons (Fsp3) is 0.125. The third-order valence-corrected chi connectivity index (χ3v) is 5.04. The molecule has 0 aliphatic heterocycles. The molecule has 1 aromatic carbocycles. The van der Waals surface area contributed by atoms with Gasteiger partial charge in [-0.1, -0.05) is 18.2 Å². The van der Waals surface area contributed by atoms with E-state index in [0.29, 0.717) is 16.1 Å². The Morgan fingerprint density at radius 3 is 2.82 bits per heavy atom. The number of carbonyl (C=O) groups is 1. The number of amides is 1. The number of hydrogen-bond donors (Lipinski definition) is 1. The predicted molar refractivity (Wildman–Crippen MR) is 87.7 cm³/mol. The summed E-state index contributed by atoms with van der Waals surface area (Å²) in [5, 5.41) is 4.90. The molecule has 0 radical (unpaired) electrons. The average molecular weight is 332 g/mol. The lowest BCUT2D eigenvalue weighted by Gasteiger charge is -2.10. The molecule has 1 atom stereocenters. The molecule has 0 saturated heterocycles. The van der Waals surface area contributed by atoms with Crippen molar-refractivity contribution in [1.29, 1.82) is 0 Å². The van der Waals surface area contributed by atoms with Gasteiger partial charge >= 0.3 is 0 Å². The number of halogens is 1. The van der Waals surface area contributed by atoms with Gasteiger partial charge in [0.1, 0.15) is 10.7 Å². The summed E-state index contributed by atoms with van der Waals surface area (Å²) in [6.45, 7) is 1.93. The number of hydrogen-bond acceptors (Lipinski definition) is 4. The van der Waals surface area contributed by atoms with E-state index in [9.17, 15) is 9.18 Å². The molecule has 0 fully saturated rings. The van der Waals surface area contributed by atoms with Gasteiger partial charge in [-0.3, -0.25) is 4.79 Å². The molecule has 0 aliphatic carbocycles. The minimum atomic E-state index is -0.341. The van der Waals surface area contributed by atoms with Crippen molar-refractivity contribution in [1.82, 2.24) is 9.69 Å². The second kappa shape index (κ2) is 6.37. The zero-order valence-electron chi connectivity index (χ0n) is 11.7. The first-order chi connectivity index (χ1) is 10.6. The summed E-state index contributed by atoms with van der Waals surface area (Å²) < 4.78 is 17.9. The van der Waals surface area contributed by atoms with Crippen LogP contribution in [-0.2, 0) is 0 Å². The fourth-order valence-electron chi connectivity index (χ4n) is 2.05. The van der Waals surface area contributed by atoms with Crippen LogP contribution in [0.15, 0.2) is 47.8 Å². The lowest BCUT2D eigenvalue weighted by molar-refractivity contribution is 0.0944. The van der Waals surface area contributed by atoms with Crippen molar-refractivity contribution in [2.75, 3.05) is 0 Å². The second-order valence-electron chi connectivity index (χ2n) is 4.77. The van der Waals surface area contributed by atoms with Gasteiger partial charge in [0.15, 0.2) is 0 Å². The lowest BCUT2D eigenvalue weighted by Crippen LogP contribution is -2.25. The summed E-state index contributed by atoms with van der Waals surface area (Å²) in [6, 6.07) is 11.9. The van der Waals surface area contributed by atoms with Crippen molar-refractivity contribution in [3.63, 3.8) is 0 Å². The summed E-state index contributed by atoms with van der Waals surface area (Å²) >= 11 is 2.67.